The topological polar surface area (TPSA) is 308 Å². The van der Waals surface area contributed by atoms with E-state index in [0.717, 1.165) is 0 Å². The third-order valence-electron chi connectivity index (χ3n) is 16.1. The molecule has 31 heteroatoms. The van der Waals surface area contributed by atoms with Crippen molar-refractivity contribution in [1.82, 2.24) is 14.7 Å². The van der Waals surface area contributed by atoms with Gasteiger partial charge in [0.1, 0.15) is 74.8 Å². The number of fused-ring (bicyclic) bond motifs is 3. The Balaban J connectivity index is 0.594. The average Bonchev–Trinajstić information content (AvgIpc) is 3.75. The monoisotopic (exact) mass is 1280 g/mol. The van der Waals surface area contributed by atoms with Crippen molar-refractivity contribution in [3.63, 3.8) is 0 Å². The maximum Gasteiger partial charge on any atom is 0.410 e. The average molecular weight is 1280 g/mol. The van der Waals surface area contributed by atoms with Gasteiger partial charge in [-0.05, 0) is 41.5 Å². The highest BCUT2D eigenvalue weighted by atomic mass is 16.8. The van der Waals surface area contributed by atoms with E-state index in [1.54, 1.807) is 14.7 Å². The summed E-state index contributed by atoms with van der Waals surface area (Å²) in [7, 11) is 0. The van der Waals surface area contributed by atoms with Crippen LogP contribution in [0.25, 0.3) is 0 Å². The van der Waals surface area contributed by atoms with Crippen molar-refractivity contribution in [2.75, 3.05) is 218 Å². The number of nitrogens with zero attached hydrogens (tertiary/aromatic N) is 3. The molecule has 0 aromatic rings. The number of carbonyl (C=O) groups is 3. The van der Waals surface area contributed by atoms with Crippen molar-refractivity contribution >= 4 is 18.3 Å². The highest BCUT2D eigenvalue weighted by Crippen LogP contribution is 2.41. The molecule has 0 aromatic carbocycles. The van der Waals surface area contributed by atoms with Gasteiger partial charge >= 0.3 is 18.3 Å². The summed E-state index contributed by atoms with van der Waals surface area (Å²) in [5.41, 5.74) is 5.83. The van der Waals surface area contributed by atoms with Gasteiger partial charge in [0.25, 0.3) is 0 Å². The fourth-order valence-electron chi connectivity index (χ4n) is 12.0. The lowest BCUT2D eigenvalue weighted by Gasteiger charge is -2.40. The maximum atomic E-state index is 12.4. The van der Waals surface area contributed by atoms with Gasteiger partial charge in [-0.1, -0.05) is 0 Å². The molecule has 9 heterocycles. The van der Waals surface area contributed by atoms with E-state index in [4.69, 9.17) is 119 Å². The first-order valence-corrected chi connectivity index (χ1v) is 31.4. The lowest BCUT2D eigenvalue weighted by atomic mass is 9.97. The van der Waals surface area contributed by atoms with Crippen LogP contribution in [0.1, 0.15) is 41.5 Å². The highest BCUT2D eigenvalue weighted by Gasteiger charge is 2.58. The molecular formula is C58H98N4O27. The van der Waals surface area contributed by atoms with Crippen LogP contribution in [0, 0.1) is 0 Å². The van der Waals surface area contributed by atoms with Crippen LogP contribution in [0.5, 0.6) is 0 Å². The summed E-state index contributed by atoms with van der Waals surface area (Å²) in [5.74, 6) is -2.48. The van der Waals surface area contributed by atoms with Crippen molar-refractivity contribution in [2.45, 2.75) is 138 Å². The molecule has 9 fully saturated rings. The summed E-state index contributed by atoms with van der Waals surface area (Å²) >= 11 is 0. The highest BCUT2D eigenvalue weighted by molar-refractivity contribution is 5.71. The molecule has 512 valence electrons. The van der Waals surface area contributed by atoms with E-state index in [1.807, 2.05) is 41.5 Å². The van der Waals surface area contributed by atoms with Gasteiger partial charge < -0.3 is 119 Å². The predicted octanol–water partition coefficient (Wildman–Crippen LogP) is 0.102. The molecule has 0 radical (unpaired) electrons. The van der Waals surface area contributed by atoms with E-state index < -0.39 is 53.4 Å². The smallest absolute Gasteiger partial charge is 0.410 e. The van der Waals surface area contributed by atoms with Crippen molar-refractivity contribution in [3.05, 3.63) is 0 Å². The Morgan fingerprint density at radius 1 is 0.360 bits per heavy atom. The first kappa shape index (κ1) is 70.3. The number of amides is 3. The van der Waals surface area contributed by atoms with E-state index in [0.29, 0.717) is 158 Å². The van der Waals surface area contributed by atoms with Crippen LogP contribution in [-0.4, -0.2) is 347 Å². The lowest BCUT2D eigenvalue weighted by Crippen LogP contribution is -2.59. The molecule has 9 aliphatic rings. The van der Waals surface area contributed by atoms with Gasteiger partial charge in [0.05, 0.1) is 222 Å². The van der Waals surface area contributed by atoms with Crippen LogP contribution in [0.3, 0.4) is 0 Å². The third-order valence-corrected chi connectivity index (χ3v) is 16.1. The van der Waals surface area contributed by atoms with Gasteiger partial charge in [-0.25, -0.2) is 14.4 Å². The van der Waals surface area contributed by atoms with Gasteiger partial charge in [0, 0.05) is 0 Å². The molecule has 0 aliphatic carbocycles. The molecule has 2 N–H and O–H groups in total. The van der Waals surface area contributed by atoms with Gasteiger partial charge in [-0.2, -0.15) is 0 Å². The number of hydrogen-bond donors (Lipinski definition) is 1. The van der Waals surface area contributed by atoms with E-state index in [9.17, 15) is 14.4 Å². The Morgan fingerprint density at radius 3 is 0.820 bits per heavy atom. The standard InChI is InChI=1S/C58H98N4O27/c1-55(2)84-46-40(60-7-10-78-52(60)63)31-81-43(49(46)87-55)34-72-25-21-68-17-13-66-15-19-70-23-28-75-37-58(59,39-77-30-27-74-36-45-51-48(86-57(5,6)89-51)42(33-83-45)62-9-12-80-54(62)65)38-76-29-24-71-20-16-67-14-18-69-22-26-73-35-44-50-47(85-56(3,4)88-50)41(32-82-44)61-8-11-79-53(61)64/h40-51H,7-39,59H2,1-6H3/t40-,41-,42-,43-,44-,45-,46-,47-,48-,49+,50+,51+/m1/s1. The molecule has 9 rings (SSSR count). The predicted molar refractivity (Wildman–Crippen MR) is 303 cm³/mol. The summed E-state index contributed by atoms with van der Waals surface area (Å²) in [4.78, 5) is 41.9. The third kappa shape index (κ3) is 20.7. The Hall–Kier alpha value is -3.07. The molecule has 0 spiro atoms. The van der Waals surface area contributed by atoms with Gasteiger partial charge in [-0.3, -0.25) is 14.7 Å². The summed E-state index contributed by atoms with van der Waals surface area (Å²) < 4.78 is 141. The van der Waals surface area contributed by atoms with Crippen molar-refractivity contribution < 1.29 is 128 Å². The Morgan fingerprint density at radius 2 is 0.584 bits per heavy atom. The van der Waals surface area contributed by atoms with Crippen molar-refractivity contribution in [2.24, 2.45) is 5.73 Å². The fraction of sp³-hybridized carbons (Fsp3) is 0.948. The minimum atomic E-state index is -1.01. The Kier molecular flexibility index (Phi) is 27.1. The SMILES string of the molecule is CC1(C)O[C@@H]2[C@H](O1)[C@H](N1CCOC1=O)CO[C@@H]2COCCOCCOCCOCCOCC(N)(COCCOCCOCCOCCOC[C@H]1OC[C@@H](N2CCOC2=O)[C@H]2OC(C)(C)O[C@H]21)COCCOC[C@H]1OC[C@@H](N2CCOC2=O)[C@H]2OC(C)(C)O[C@H]21. The fourth-order valence-corrected chi connectivity index (χ4v) is 12.0. The second-order valence-corrected chi connectivity index (χ2v) is 24.4. The molecule has 0 saturated carbocycles. The van der Waals surface area contributed by atoms with Crippen LogP contribution in [0.2, 0.25) is 0 Å². The van der Waals surface area contributed by atoms with Crippen LogP contribution >= 0.6 is 0 Å². The summed E-state index contributed by atoms with van der Waals surface area (Å²) in [6, 6.07) is -0.919. The second kappa shape index (κ2) is 34.4. The van der Waals surface area contributed by atoms with E-state index >= 15 is 0 Å². The molecule has 12 atom stereocenters. The molecule has 9 saturated heterocycles. The molecular weight excluding hydrogens is 1180 g/mol. The van der Waals surface area contributed by atoms with Crippen molar-refractivity contribution in [1.29, 1.82) is 0 Å². The van der Waals surface area contributed by atoms with Crippen LogP contribution in [0.15, 0.2) is 0 Å². The summed E-state index contributed by atoms with van der Waals surface area (Å²) in [6.07, 6.45) is -4.56. The van der Waals surface area contributed by atoms with Gasteiger partial charge in [0.15, 0.2) is 17.4 Å². The largest absolute Gasteiger partial charge is 0.448 e. The molecule has 0 bridgehead atoms. The van der Waals surface area contributed by atoms with Gasteiger partial charge in [0.2, 0.25) is 0 Å². The number of ether oxygens (including phenoxy) is 24. The number of carbonyl (C=O) groups excluding carboxylic acids is 3. The molecule has 89 heavy (non-hydrogen) atoms. The number of hydrogen-bond acceptors (Lipinski definition) is 28. The molecule has 9 aliphatic heterocycles. The molecule has 0 unspecified atom stereocenters. The van der Waals surface area contributed by atoms with Crippen LogP contribution < -0.4 is 5.73 Å². The Labute approximate surface area is 520 Å². The van der Waals surface area contributed by atoms with Crippen molar-refractivity contribution in [3.8, 4) is 0 Å². The quantitative estimate of drug-likeness (QED) is 0.0626. The van der Waals surface area contributed by atoms with Crippen LogP contribution in [0.4, 0.5) is 14.4 Å². The second-order valence-electron chi connectivity index (χ2n) is 24.4. The normalized spacial score (nSPS) is 31.3. The minimum absolute atomic E-state index is 0.114. The molecule has 3 amide bonds. The number of cyclic esters (lactones) is 3. The maximum absolute atomic E-state index is 12.4. The van der Waals surface area contributed by atoms with E-state index in [1.165, 1.54) is 0 Å². The Bertz CT molecular complexity index is 2040. The zero-order valence-electron chi connectivity index (χ0n) is 52.7. The first-order chi connectivity index (χ1) is 43.0. The molecule has 0 aromatic heterocycles. The zero-order chi connectivity index (χ0) is 62.7. The van der Waals surface area contributed by atoms with E-state index in [-0.39, 0.29) is 120 Å². The van der Waals surface area contributed by atoms with Crippen LogP contribution in [-0.2, 0) is 114 Å². The van der Waals surface area contributed by atoms with Gasteiger partial charge in [-0.15, -0.1) is 0 Å². The van der Waals surface area contributed by atoms with E-state index in [2.05, 4.69) is 0 Å². The molecule has 31 nitrogen and oxygen atoms in total. The zero-order valence-corrected chi connectivity index (χ0v) is 52.7. The number of nitrogens with two attached hydrogens (primary N) is 1. The number of rotatable bonds is 42. The summed E-state index contributed by atoms with van der Waals surface area (Å²) in [5, 5.41) is 0. The first-order valence-electron chi connectivity index (χ1n) is 31.4. The lowest BCUT2D eigenvalue weighted by molar-refractivity contribution is -0.162. The summed E-state index contributed by atoms with van der Waals surface area (Å²) in [6.45, 7) is 21.7. The minimum Gasteiger partial charge on any atom is -0.448 e.